The Labute approximate surface area is 162 Å². The quantitative estimate of drug-likeness (QED) is 0.759. The monoisotopic (exact) mass is 373 g/mol. The highest BCUT2D eigenvalue weighted by Crippen LogP contribution is 2.42. The van der Waals surface area contributed by atoms with E-state index in [0.717, 1.165) is 25.9 Å². The molecule has 0 aromatic carbocycles. The molecule has 3 heterocycles. The zero-order chi connectivity index (χ0) is 19.2. The highest BCUT2D eigenvalue weighted by molar-refractivity contribution is 6.47. The van der Waals surface area contributed by atoms with Gasteiger partial charge >= 0.3 is 7.12 Å². The molecular formula is C20H32BN3O3. The first-order valence-electron chi connectivity index (χ1n) is 10.5. The van der Waals surface area contributed by atoms with E-state index in [-0.39, 0.29) is 24.2 Å². The van der Waals surface area contributed by atoms with Gasteiger partial charge in [-0.05, 0) is 65.3 Å². The van der Waals surface area contributed by atoms with Crippen LogP contribution in [0.5, 0.6) is 0 Å². The Balaban J connectivity index is 1.33. The average Bonchev–Trinajstić information content (AvgIpc) is 3.34. The summed E-state index contributed by atoms with van der Waals surface area (Å²) < 4.78 is 14.4. The predicted molar refractivity (Wildman–Crippen MR) is 105 cm³/mol. The molecule has 3 aliphatic rings. The van der Waals surface area contributed by atoms with E-state index in [2.05, 4.69) is 32.8 Å². The largest absolute Gasteiger partial charge is 0.461 e. The summed E-state index contributed by atoms with van der Waals surface area (Å²) in [6.07, 6.45) is 8.67. The van der Waals surface area contributed by atoms with Gasteiger partial charge in [-0.25, -0.2) is 0 Å². The van der Waals surface area contributed by atoms with E-state index in [1.807, 2.05) is 21.8 Å². The second-order valence-electron chi connectivity index (χ2n) is 9.37. The van der Waals surface area contributed by atoms with Crippen LogP contribution in [0, 0.1) is 0 Å². The first-order chi connectivity index (χ1) is 12.8. The molecule has 1 aromatic rings. The van der Waals surface area contributed by atoms with Crippen LogP contribution in [0.25, 0.3) is 0 Å². The fourth-order valence-corrected chi connectivity index (χ4v) is 4.44. The van der Waals surface area contributed by atoms with E-state index < -0.39 is 0 Å². The molecule has 3 fully saturated rings. The van der Waals surface area contributed by atoms with Gasteiger partial charge in [0.1, 0.15) is 5.69 Å². The van der Waals surface area contributed by atoms with Crippen LogP contribution in [0.1, 0.15) is 82.8 Å². The van der Waals surface area contributed by atoms with Gasteiger partial charge < -0.3 is 14.2 Å². The van der Waals surface area contributed by atoms with Gasteiger partial charge in [0.25, 0.3) is 5.91 Å². The molecule has 1 aromatic heterocycles. The normalized spacial score (nSPS) is 26.1. The van der Waals surface area contributed by atoms with Crippen LogP contribution in [-0.2, 0) is 9.31 Å². The van der Waals surface area contributed by atoms with Crippen LogP contribution in [-0.4, -0.2) is 52.0 Å². The fourth-order valence-electron chi connectivity index (χ4n) is 4.44. The molecule has 7 heteroatoms. The molecule has 148 valence electrons. The number of piperidine rings is 1. The highest BCUT2D eigenvalue weighted by Gasteiger charge is 2.54. The average molecular weight is 373 g/mol. The van der Waals surface area contributed by atoms with Crippen LogP contribution < -0.4 is 0 Å². The zero-order valence-corrected chi connectivity index (χ0v) is 17.1. The lowest BCUT2D eigenvalue weighted by Gasteiger charge is -2.32. The molecule has 0 N–H and O–H groups in total. The summed E-state index contributed by atoms with van der Waals surface area (Å²) in [7, 11) is -0.172. The minimum absolute atomic E-state index is 0.0547. The molecular weight excluding hydrogens is 341 g/mol. The summed E-state index contributed by atoms with van der Waals surface area (Å²) in [5.41, 5.74) is -0.00830. The number of hydrogen-bond donors (Lipinski definition) is 0. The summed E-state index contributed by atoms with van der Waals surface area (Å²) in [6, 6.07) is 2.35. The zero-order valence-electron chi connectivity index (χ0n) is 17.1. The Morgan fingerprint density at radius 3 is 2.26 bits per heavy atom. The molecule has 1 saturated carbocycles. The van der Waals surface area contributed by atoms with E-state index in [1.165, 1.54) is 25.7 Å². The Morgan fingerprint density at radius 2 is 1.67 bits per heavy atom. The van der Waals surface area contributed by atoms with Gasteiger partial charge in [0.05, 0.1) is 17.2 Å². The molecule has 2 saturated heterocycles. The molecule has 6 nitrogen and oxygen atoms in total. The van der Waals surface area contributed by atoms with Gasteiger partial charge in [-0.3, -0.25) is 9.48 Å². The minimum Gasteiger partial charge on any atom is -0.403 e. The van der Waals surface area contributed by atoms with E-state index in [4.69, 9.17) is 9.31 Å². The number of likely N-dealkylation sites (tertiary alicyclic amines) is 1. The van der Waals surface area contributed by atoms with Gasteiger partial charge in [-0.15, -0.1) is 0 Å². The third-order valence-corrected chi connectivity index (χ3v) is 7.01. The Morgan fingerprint density at radius 1 is 1.07 bits per heavy atom. The van der Waals surface area contributed by atoms with E-state index in [1.54, 1.807) is 0 Å². The van der Waals surface area contributed by atoms with E-state index in [9.17, 15) is 4.79 Å². The number of carbonyl (C=O) groups excluding carboxylic acids is 1. The van der Waals surface area contributed by atoms with Gasteiger partial charge in [-0.1, -0.05) is 12.8 Å². The Kier molecular flexibility index (Phi) is 4.87. The summed E-state index contributed by atoms with van der Waals surface area (Å²) in [5.74, 6) is 0.394. The predicted octanol–water partition coefficient (Wildman–Crippen LogP) is 3.70. The maximum absolute atomic E-state index is 12.8. The smallest absolute Gasteiger partial charge is 0.403 e. The number of rotatable bonds is 3. The first kappa shape index (κ1) is 19.0. The van der Waals surface area contributed by atoms with Crippen molar-refractivity contribution in [1.82, 2.24) is 14.7 Å². The van der Waals surface area contributed by atoms with Crippen molar-refractivity contribution in [3.8, 4) is 0 Å². The summed E-state index contributed by atoms with van der Waals surface area (Å²) in [6.45, 7) is 9.84. The highest BCUT2D eigenvalue weighted by atomic mass is 16.7. The SMILES string of the molecule is CC1(C)OB(C2CCN(C(=O)c3ccn(C4CCCC4)n3)CC2)OC1(C)C. The summed E-state index contributed by atoms with van der Waals surface area (Å²) >= 11 is 0. The van der Waals surface area contributed by atoms with Gasteiger partial charge in [0.15, 0.2) is 0 Å². The second-order valence-corrected chi connectivity index (χ2v) is 9.37. The topological polar surface area (TPSA) is 56.6 Å². The number of hydrogen-bond acceptors (Lipinski definition) is 4. The lowest BCUT2D eigenvalue weighted by Crippen LogP contribution is -2.41. The van der Waals surface area contributed by atoms with Crippen molar-refractivity contribution in [3.05, 3.63) is 18.0 Å². The van der Waals surface area contributed by atoms with Crippen LogP contribution in [0.4, 0.5) is 0 Å². The molecule has 2 aliphatic heterocycles. The molecule has 27 heavy (non-hydrogen) atoms. The van der Waals surface area contributed by atoms with Crippen molar-refractivity contribution in [2.75, 3.05) is 13.1 Å². The molecule has 1 aliphatic carbocycles. The van der Waals surface area contributed by atoms with Crippen molar-refractivity contribution in [2.45, 2.75) is 89.3 Å². The molecule has 0 unspecified atom stereocenters. The maximum atomic E-state index is 12.8. The number of aromatic nitrogens is 2. The van der Waals surface area contributed by atoms with Crippen molar-refractivity contribution >= 4 is 13.0 Å². The van der Waals surface area contributed by atoms with Crippen molar-refractivity contribution in [1.29, 1.82) is 0 Å². The Hall–Kier alpha value is -1.34. The maximum Gasteiger partial charge on any atom is 0.461 e. The van der Waals surface area contributed by atoms with Crippen molar-refractivity contribution in [2.24, 2.45) is 0 Å². The van der Waals surface area contributed by atoms with Crippen molar-refractivity contribution < 1.29 is 14.1 Å². The van der Waals surface area contributed by atoms with Gasteiger partial charge in [0, 0.05) is 19.3 Å². The van der Waals surface area contributed by atoms with Crippen LogP contribution >= 0.6 is 0 Å². The minimum atomic E-state index is -0.294. The van der Waals surface area contributed by atoms with Crippen molar-refractivity contribution in [3.63, 3.8) is 0 Å². The summed E-state index contributed by atoms with van der Waals surface area (Å²) in [4.78, 5) is 14.8. The standard InChI is InChI=1S/C20H32BN3O3/c1-19(2)20(3,4)27-21(26-19)15-9-12-23(13-10-15)18(25)17-11-14-24(22-17)16-7-5-6-8-16/h11,14-16H,5-10,12-13H2,1-4H3. The first-order valence-corrected chi connectivity index (χ1v) is 10.5. The van der Waals surface area contributed by atoms with Gasteiger partial charge in [-0.2, -0.15) is 5.10 Å². The number of amides is 1. The van der Waals surface area contributed by atoms with E-state index in [0.29, 0.717) is 17.6 Å². The molecule has 0 atom stereocenters. The van der Waals surface area contributed by atoms with Crippen LogP contribution in [0.15, 0.2) is 12.3 Å². The molecule has 4 rings (SSSR count). The third-order valence-electron chi connectivity index (χ3n) is 7.01. The van der Waals surface area contributed by atoms with Crippen LogP contribution in [0.3, 0.4) is 0 Å². The van der Waals surface area contributed by atoms with Crippen LogP contribution in [0.2, 0.25) is 5.82 Å². The lowest BCUT2D eigenvalue weighted by molar-refractivity contribution is 0.00578. The molecule has 0 radical (unpaired) electrons. The van der Waals surface area contributed by atoms with Gasteiger partial charge in [0.2, 0.25) is 0 Å². The second kappa shape index (κ2) is 6.92. The summed E-state index contributed by atoms with van der Waals surface area (Å²) in [5, 5.41) is 4.58. The number of nitrogens with zero attached hydrogens (tertiary/aromatic N) is 3. The number of carbonyl (C=O) groups is 1. The Bertz CT molecular complexity index is 672. The third kappa shape index (κ3) is 3.56. The molecule has 0 spiro atoms. The molecule has 0 bridgehead atoms. The molecule has 1 amide bonds. The van der Waals surface area contributed by atoms with E-state index >= 15 is 0 Å². The lowest BCUT2D eigenvalue weighted by atomic mass is 9.67. The fraction of sp³-hybridized carbons (Fsp3) is 0.800.